The van der Waals surface area contributed by atoms with Crippen LogP contribution in [0.4, 0.5) is 0 Å². The number of aromatic nitrogens is 2. The second-order valence-corrected chi connectivity index (χ2v) is 8.46. The van der Waals surface area contributed by atoms with Gasteiger partial charge >= 0.3 is 0 Å². The second-order valence-electron chi connectivity index (χ2n) is 5.51. The van der Waals surface area contributed by atoms with Crippen LogP contribution in [0.1, 0.15) is 6.42 Å². The molecule has 1 N–H and O–H groups in total. The van der Waals surface area contributed by atoms with Crippen LogP contribution >= 0.6 is 39.5 Å². The molecule has 2 aromatic carbocycles. The van der Waals surface area contributed by atoms with Gasteiger partial charge in [0.2, 0.25) is 11.8 Å². The van der Waals surface area contributed by atoms with Crippen LogP contribution in [0.2, 0.25) is 0 Å². The summed E-state index contributed by atoms with van der Waals surface area (Å²) in [6.45, 7) is 0.658. The Morgan fingerprint density at radius 1 is 1.04 bits per heavy atom. The Hall–Kier alpha value is -1.77. The third-order valence-electron chi connectivity index (χ3n) is 3.49. The van der Waals surface area contributed by atoms with E-state index in [1.54, 1.807) is 11.8 Å². The van der Waals surface area contributed by atoms with Crippen LogP contribution in [0.15, 0.2) is 73.6 Å². The lowest BCUT2D eigenvalue weighted by atomic mass is 10.2. The number of carbonyl (C=O) groups is 1. The van der Waals surface area contributed by atoms with Crippen molar-refractivity contribution in [3.63, 3.8) is 0 Å². The van der Waals surface area contributed by atoms with Crippen LogP contribution in [-0.4, -0.2) is 34.2 Å². The Balaban J connectivity index is 1.35. The molecule has 0 radical (unpaired) electrons. The number of nitrogens with one attached hydrogen (secondary N) is 1. The molecule has 1 aromatic heterocycles. The van der Waals surface area contributed by atoms with Crippen molar-refractivity contribution in [2.45, 2.75) is 16.5 Å². The molecule has 0 aliphatic carbocycles. The van der Waals surface area contributed by atoms with Crippen LogP contribution < -0.4 is 5.32 Å². The van der Waals surface area contributed by atoms with Crippen LogP contribution in [-0.2, 0) is 4.79 Å². The molecule has 5 nitrogen and oxygen atoms in total. The molecular weight excluding hydrogens is 446 g/mol. The number of hydrogen-bond donors (Lipinski definition) is 1. The average Bonchev–Trinajstić information content (AvgIpc) is 3.16. The molecule has 0 unspecified atom stereocenters. The normalized spacial score (nSPS) is 10.7. The average molecular weight is 464 g/mol. The number of carbonyl (C=O) groups excluding carboxylic acids is 1. The van der Waals surface area contributed by atoms with Gasteiger partial charge in [0.1, 0.15) is 0 Å². The van der Waals surface area contributed by atoms with Gasteiger partial charge in [-0.05, 0) is 52.4 Å². The molecular formula is C19H18BrN3O2S2. The molecule has 3 aromatic rings. The van der Waals surface area contributed by atoms with E-state index < -0.39 is 0 Å². The van der Waals surface area contributed by atoms with Crippen molar-refractivity contribution in [3.8, 4) is 11.5 Å². The number of amides is 1. The summed E-state index contributed by atoms with van der Waals surface area (Å²) in [5.74, 6) is 1.62. The zero-order valence-electron chi connectivity index (χ0n) is 14.4. The molecule has 0 saturated heterocycles. The SMILES string of the molecule is O=C(CSc1nnc(-c2ccccc2Br)o1)NCCCSc1ccccc1. The predicted octanol–water partition coefficient (Wildman–Crippen LogP) is 4.89. The second kappa shape index (κ2) is 10.5. The molecule has 0 saturated carbocycles. The Morgan fingerprint density at radius 2 is 1.81 bits per heavy atom. The van der Waals surface area contributed by atoms with Gasteiger partial charge in [-0.2, -0.15) is 0 Å². The summed E-state index contributed by atoms with van der Waals surface area (Å²) in [4.78, 5) is 13.2. The van der Waals surface area contributed by atoms with Crippen molar-refractivity contribution in [3.05, 3.63) is 59.1 Å². The standard InChI is InChI=1S/C19H18BrN3O2S2/c20-16-10-5-4-9-15(16)18-22-23-19(25-18)27-13-17(24)21-11-6-12-26-14-7-2-1-3-8-14/h1-5,7-10H,6,11-13H2,(H,21,24). The maximum absolute atomic E-state index is 11.9. The van der Waals surface area contributed by atoms with Crippen molar-refractivity contribution in [2.75, 3.05) is 18.1 Å². The molecule has 0 aliphatic rings. The zero-order chi connectivity index (χ0) is 18.9. The van der Waals surface area contributed by atoms with Gasteiger partial charge in [0.05, 0.1) is 11.3 Å². The smallest absolute Gasteiger partial charge is 0.277 e. The van der Waals surface area contributed by atoms with E-state index in [0.717, 1.165) is 22.2 Å². The van der Waals surface area contributed by atoms with Crippen molar-refractivity contribution in [1.82, 2.24) is 15.5 Å². The summed E-state index contributed by atoms with van der Waals surface area (Å²) in [5.41, 5.74) is 0.831. The first-order chi connectivity index (χ1) is 13.2. The van der Waals surface area contributed by atoms with Crippen molar-refractivity contribution in [1.29, 1.82) is 0 Å². The maximum Gasteiger partial charge on any atom is 0.277 e. The van der Waals surface area contributed by atoms with Crippen molar-refractivity contribution in [2.24, 2.45) is 0 Å². The Kier molecular flexibility index (Phi) is 7.79. The molecule has 1 amide bonds. The van der Waals surface area contributed by atoms with E-state index in [0.29, 0.717) is 17.7 Å². The quantitative estimate of drug-likeness (QED) is 0.359. The van der Waals surface area contributed by atoms with Crippen LogP contribution in [0, 0.1) is 0 Å². The highest BCUT2D eigenvalue weighted by Crippen LogP contribution is 2.28. The minimum absolute atomic E-state index is 0.0367. The molecule has 0 atom stereocenters. The van der Waals surface area contributed by atoms with Gasteiger partial charge in [-0.1, -0.05) is 42.1 Å². The Labute approximate surface area is 174 Å². The number of hydrogen-bond acceptors (Lipinski definition) is 6. The van der Waals surface area contributed by atoms with Gasteiger partial charge in [0, 0.05) is 15.9 Å². The lowest BCUT2D eigenvalue weighted by molar-refractivity contribution is -0.118. The maximum atomic E-state index is 11.9. The number of thioether (sulfide) groups is 2. The van der Waals surface area contributed by atoms with Gasteiger partial charge in [-0.25, -0.2) is 0 Å². The third-order valence-corrected chi connectivity index (χ3v) is 6.10. The number of nitrogens with zero attached hydrogens (tertiary/aromatic N) is 2. The molecule has 0 bridgehead atoms. The Bertz CT molecular complexity index is 874. The van der Waals surface area contributed by atoms with Crippen LogP contribution in [0.25, 0.3) is 11.5 Å². The molecule has 0 spiro atoms. The first-order valence-electron chi connectivity index (χ1n) is 8.38. The van der Waals surface area contributed by atoms with E-state index in [9.17, 15) is 4.79 Å². The van der Waals surface area contributed by atoms with Crippen molar-refractivity contribution < 1.29 is 9.21 Å². The summed E-state index contributed by atoms with van der Waals surface area (Å²) in [7, 11) is 0. The minimum Gasteiger partial charge on any atom is -0.411 e. The number of benzene rings is 2. The van der Waals surface area contributed by atoms with Crippen LogP contribution in [0.3, 0.4) is 0 Å². The third kappa shape index (κ3) is 6.41. The molecule has 140 valence electrons. The van der Waals surface area contributed by atoms with Gasteiger partial charge in [-0.3, -0.25) is 4.79 Å². The Morgan fingerprint density at radius 3 is 2.63 bits per heavy atom. The summed E-state index contributed by atoms with van der Waals surface area (Å²) in [5, 5.41) is 11.3. The lowest BCUT2D eigenvalue weighted by Crippen LogP contribution is -2.26. The van der Waals surface area contributed by atoms with Gasteiger partial charge in [0.15, 0.2) is 0 Å². The molecule has 0 aliphatic heterocycles. The van der Waals surface area contributed by atoms with E-state index in [4.69, 9.17) is 4.42 Å². The topological polar surface area (TPSA) is 68.0 Å². The predicted molar refractivity (Wildman–Crippen MR) is 113 cm³/mol. The summed E-state index contributed by atoms with van der Waals surface area (Å²) < 4.78 is 6.51. The van der Waals surface area contributed by atoms with Gasteiger partial charge in [0.25, 0.3) is 5.22 Å². The molecule has 8 heteroatoms. The minimum atomic E-state index is -0.0367. The van der Waals surface area contributed by atoms with Gasteiger partial charge in [-0.15, -0.1) is 22.0 Å². The fourth-order valence-electron chi connectivity index (χ4n) is 2.20. The molecule has 27 heavy (non-hydrogen) atoms. The summed E-state index contributed by atoms with van der Waals surface area (Å²) in [6, 6.07) is 17.9. The molecule has 3 rings (SSSR count). The van der Waals surface area contributed by atoms with Crippen LogP contribution in [0.5, 0.6) is 0 Å². The lowest BCUT2D eigenvalue weighted by Gasteiger charge is -2.04. The fraction of sp³-hybridized carbons (Fsp3) is 0.211. The van der Waals surface area contributed by atoms with Gasteiger partial charge < -0.3 is 9.73 Å². The monoisotopic (exact) mass is 463 g/mol. The fourth-order valence-corrected chi connectivity index (χ4v) is 4.12. The summed E-state index contributed by atoms with van der Waals surface area (Å²) in [6.07, 6.45) is 0.919. The highest BCUT2D eigenvalue weighted by Gasteiger charge is 2.12. The van der Waals surface area contributed by atoms with E-state index in [1.165, 1.54) is 16.7 Å². The largest absolute Gasteiger partial charge is 0.411 e. The molecule has 1 heterocycles. The van der Waals surface area contributed by atoms with E-state index in [-0.39, 0.29) is 11.7 Å². The zero-order valence-corrected chi connectivity index (χ0v) is 17.6. The highest BCUT2D eigenvalue weighted by molar-refractivity contribution is 9.10. The number of halogens is 1. The first-order valence-corrected chi connectivity index (χ1v) is 11.1. The molecule has 0 fully saturated rings. The number of rotatable bonds is 9. The van der Waals surface area contributed by atoms with E-state index in [2.05, 4.69) is 43.6 Å². The van der Waals surface area contributed by atoms with Crippen molar-refractivity contribution >= 4 is 45.4 Å². The summed E-state index contributed by atoms with van der Waals surface area (Å²) >= 11 is 6.49. The van der Waals surface area contributed by atoms with E-state index in [1.807, 2.05) is 42.5 Å². The first kappa shape index (κ1) is 20.0. The van der Waals surface area contributed by atoms with E-state index >= 15 is 0 Å². The highest BCUT2D eigenvalue weighted by atomic mass is 79.9.